The molecular formula is C18H29NO5. The molecule has 0 aliphatic heterocycles. The molecule has 0 aromatic rings. The van der Waals surface area contributed by atoms with Gasteiger partial charge in [0.1, 0.15) is 6.10 Å². The number of amides is 1. The fourth-order valence-electron chi connectivity index (χ4n) is 4.54. The van der Waals surface area contributed by atoms with Crippen molar-refractivity contribution in [2.45, 2.75) is 77.4 Å². The van der Waals surface area contributed by atoms with Crippen molar-refractivity contribution in [3.8, 4) is 0 Å². The summed E-state index contributed by atoms with van der Waals surface area (Å²) in [6, 6.07) is 0.139. The minimum Gasteiger partial charge on any atom is -0.481 e. The summed E-state index contributed by atoms with van der Waals surface area (Å²) in [5, 5.41) is 12.7. The van der Waals surface area contributed by atoms with Gasteiger partial charge >= 0.3 is 11.9 Å². The summed E-state index contributed by atoms with van der Waals surface area (Å²) in [5.41, 5.74) is 0. The topological polar surface area (TPSA) is 92.7 Å². The largest absolute Gasteiger partial charge is 0.481 e. The molecule has 6 heteroatoms. The number of nitrogens with one attached hydrogen (secondary N) is 1. The van der Waals surface area contributed by atoms with E-state index < -0.39 is 24.0 Å². The molecule has 1 amide bonds. The van der Waals surface area contributed by atoms with E-state index in [-0.39, 0.29) is 17.9 Å². The van der Waals surface area contributed by atoms with Crippen LogP contribution >= 0.6 is 0 Å². The minimum absolute atomic E-state index is 0.0000387. The van der Waals surface area contributed by atoms with Crippen LogP contribution in [-0.2, 0) is 19.1 Å². The van der Waals surface area contributed by atoms with Gasteiger partial charge in [-0.15, -0.1) is 0 Å². The van der Waals surface area contributed by atoms with Crippen LogP contribution in [0.15, 0.2) is 0 Å². The van der Waals surface area contributed by atoms with Gasteiger partial charge in [0.25, 0.3) is 0 Å². The molecule has 2 rings (SSSR count). The number of carboxylic acids is 1. The molecule has 5 unspecified atom stereocenters. The molecule has 0 heterocycles. The van der Waals surface area contributed by atoms with E-state index in [1.165, 1.54) is 13.8 Å². The van der Waals surface area contributed by atoms with Crippen LogP contribution in [0.4, 0.5) is 0 Å². The van der Waals surface area contributed by atoms with Crippen LogP contribution in [0.25, 0.3) is 0 Å². The van der Waals surface area contributed by atoms with E-state index in [9.17, 15) is 19.5 Å². The number of carbonyl (C=O) groups excluding carboxylic acids is 2. The average molecular weight is 339 g/mol. The summed E-state index contributed by atoms with van der Waals surface area (Å²) in [5.74, 6) is -1.64. The molecule has 0 bridgehead atoms. The second-order valence-electron chi connectivity index (χ2n) is 7.29. The highest BCUT2D eigenvalue weighted by Gasteiger charge is 2.42. The molecule has 2 N–H and O–H groups in total. The fourth-order valence-corrected chi connectivity index (χ4v) is 4.54. The third kappa shape index (κ3) is 4.95. The van der Waals surface area contributed by atoms with Crippen LogP contribution in [0.3, 0.4) is 0 Å². The van der Waals surface area contributed by atoms with Crippen molar-refractivity contribution in [2.24, 2.45) is 17.8 Å². The van der Waals surface area contributed by atoms with Crippen molar-refractivity contribution in [1.29, 1.82) is 0 Å². The van der Waals surface area contributed by atoms with Crippen molar-refractivity contribution in [3.05, 3.63) is 0 Å². The Morgan fingerprint density at radius 3 is 2.29 bits per heavy atom. The number of hydrogen-bond donors (Lipinski definition) is 2. The van der Waals surface area contributed by atoms with E-state index in [0.717, 1.165) is 44.9 Å². The number of aliphatic carboxylic acids is 1. The second-order valence-corrected chi connectivity index (χ2v) is 7.29. The Kier molecular flexibility index (Phi) is 6.63. The molecular weight excluding hydrogens is 310 g/mol. The summed E-state index contributed by atoms with van der Waals surface area (Å²) in [6.45, 7) is 2.86. The first kappa shape index (κ1) is 18.7. The Labute approximate surface area is 143 Å². The summed E-state index contributed by atoms with van der Waals surface area (Å²) in [7, 11) is 0. The summed E-state index contributed by atoms with van der Waals surface area (Å²) >= 11 is 0. The Bertz CT molecular complexity index is 478. The predicted octanol–water partition coefficient (Wildman–Crippen LogP) is 2.50. The van der Waals surface area contributed by atoms with Crippen LogP contribution < -0.4 is 5.32 Å². The third-order valence-electron chi connectivity index (χ3n) is 5.48. The van der Waals surface area contributed by atoms with Gasteiger partial charge in [0.2, 0.25) is 5.91 Å². The molecule has 0 radical (unpaired) electrons. The van der Waals surface area contributed by atoms with Gasteiger partial charge < -0.3 is 15.2 Å². The van der Waals surface area contributed by atoms with Crippen molar-refractivity contribution in [2.75, 3.05) is 0 Å². The zero-order valence-electron chi connectivity index (χ0n) is 14.6. The van der Waals surface area contributed by atoms with Gasteiger partial charge in [0, 0.05) is 19.9 Å². The van der Waals surface area contributed by atoms with Crippen molar-refractivity contribution >= 4 is 17.8 Å². The van der Waals surface area contributed by atoms with Gasteiger partial charge in [-0.05, 0) is 50.4 Å². The number of esters is 1. The number of carbonyl (C=O) groups is 3. The molecule has 24 heavy (non-hydrogen) atoms. The highest BCUT2D eigenvalue weighted by molar-refractivity contribution is 5.73. The average Bonchev–Trinajstić information content (AvgIpc) is 2.48. The lowest BCUT2D eigenvalue weighted by atomic mass is 9.70. The first-order chi connectivity index (χ1) is 11.4. The molecule has 6 nitrogen and oxygen atoms in total. The molecule has 2 fully saturated rings. The highest BCUT2D eigenvalue weighted by Crippen LogP contribution is 2.40. The fraction of sp³-hybridized carbons (Fsp3) is 0.833. The van der Waals surface area contributed by atoms with Gasteiger partial charge in [0.05, 0.1) is 5.92 Å². The van der Waals surface area contributed by atoms with E-state index in [4.69, 9.17) is 4.74 Å². The number of hydrogen-bond acceptors (Lipinski definition) is 4. The van der Waals surface area contributed by atoms with Crippen LogP contribution in [0.2, 0.25) is 0 Å². The van der Waals surface area contributed by atoms with Crippen LogP contribution in [0.1, 0.15) is 65.2 Å². The van der Waals surface area contributed by atoms with E-state index in [2.05, 4.69) is 5.32 Å². The minimum atomic E-state index is -0.877. The van der Waals surface area contributed by atoms with Gasteiger partial charge in [-0.1, -0.05) is 12.8 Å². The predicted molar refractivity (Wildman–Crippen MR) is 88.2 cm³/mol. The number of carboxylic acid groups (broad SMARTS) is 1. The van der Waals surface area contributed by atoms with E-state index in [0.29, 0.717) is 12.3 Å². The smallest absolute Gasteiger partial charge is 0.310 e. The van der Waals surface area contributed by atoms with E-state index in [1.54, 1.807) is 0 Å². The molecule has 5 atom stereocenters. The van der Waals surface area contributed by atoms with Gasteiger partial charge in [-0.25, -0.2) is 0 Å². The maximum atomic E-state index is 11.8. The van der Waals surface area contributed by atoms with Gasteiger partial charge in [-0.3, -0.25) is 14.4 Å². The zero-order valence-corrected chi connectivity index (χ0v) is 14.6. The lowest BCUT2D eigenvalue weighted by Gasteiger charge is -2.39. The summed E-state index contributed by atoms with van der Waals surface area (Å²) in [6.07, 6.45) is 6.80. The molecule has 0 spiro atoms. The van der Waals surface area contributed by atoms with Gasteiger partial charge in [-0.2, -0.15) is 0 Å². The molecule has 0 aromatic carbocycles. The molecule has 2 aliphatic carbocycles. The first-order valence-electron chi connectivity index (χ1n) is 9.05. The third-order valence-corrected chi connectivity index (χ3v) is 5.48. The Morgan fingerprint density at radius 1 is 1.00 bits per heavy atom. The summed E-state index contributed by atoms with van der Waals surface area (Å²) in [4.78, 5) is 34.5. The van der Waals surface area contributed by atoms with Crippen LogP contribution in [0.5, 0.6) is 0 Å². The SMILES string of the molecule is CC(=O)NC1CCCCC1CC1CCCC(OC(C)=O)C1C(=O)O. The highest BCUT2D eigenvalue weighted by atomic mass is 16.5. The summed E-state index contributed by atoms with van der Waals surface area (Å²) < 4.78 is 5.29. The quantitative estimate of drug-likeness (QED) is 0.751. The molecule has 0 aromatic heterocycles. The van der Waals surface area contributed by atoms with Crippen molar-refractivity contribution in [1.82, 2.24) is 5.32 Å². The Hall–Kier alpha value is -1.59. The first-order valence-corrected chi connectivity index (χ1v) is 9.05. The lowest BCUT2D eigenvalue weighted by Crippen LogP contribution is -2.45. The maximum absolute atomic E-state index is 11.8. The van der Waals surface area contributed by atoms with E-state index >= 15 is 0 Å². The van der Waals surface area contributed by atoms with Crippen molar-refractivity contribution in [3.63, 3.8) is 0 Å². The lowest BCUT2D eigenvalue weighted by molar-refractivity contribution is -0.163. The second kappa shape index (κ2) is 8.49. The van der Waals surface area contributed by atoms with Crippen LogP contribution in [0, 0.1) is 17.8 Å². The standard InChI is InChI=1S/C18H29NO5/c1-11(20)19-15-8-4-3-6-13(15)10-14-7-5-9-16(24-12(2)21)17(14)18(22)23/h13-17H,3-10H2,1-2H3,(H,19,20)(H,22,23). The van der Waals surface area contributed by atoms with E-state index in [1.807, 2.05) is 0 Å². The molecule has 2 aliphatic rings. The van der Waals surface area contributed by atoms with Crippen molar-refractivity contribution < 1.29 is 24.2 Å². The normalized spacial score (nSPS) is 33.5. The monoisotopic (exact) mass is 339 g/mol. The molecule has 0 saturated heterocycles. The number of rotatable bonds is 5. The maximum Gasteiger partial charge on any atom is 0.310 e. The Morgan fingerprint density at radius 2 is 1.67 bits per heavy atom. The van der Waals surface area contributed by atoms with Crippen LogP contribution in [-0.4, -0.2) is 35.1 Å². The zero-order chi connectivity index (χ0) is 17.7. The number of ether oxygens (including phenoxy) is 1. The molecule has 136 valence electrons. The van der Waals surface area contributed by atoms with Gasteiger partial charge in [0.15, 0.2) is 0 Å². The Balaban J connectivity index is 2.08. The molecule has 2 saturated carbocycles.